The number of methoxy groups -OCH3 is 2. The molecule has 2 N–H and O–H groups in total. The van der Waals surface area contributed by atoms with Crippen LogP contribution in [0.1, 0.15) is 32.7 Å². The molecule has 10 nitrogen and oxygen atoms in total. The molecule has 3 aromatic carbocycles. The van der Waals surface area contributed by atoms with Gasteiger partial charge < -0.3 is 34.8 Å². The Morgan fingerprint density at radius 1 is 0.767 bits per heavy atom. The molecule has 2 fully saturated rings. The number of anilines is 2. The van der Waals surface area contributed by atoms with Crippen LogP contribution in [0.25, 0.3) is 0 Å². The predicted octanol–water partition coefficient (Wildman–Crippen LogP) is 3.28. The van der Waals surface area contributed by atoms with Crippen molar-refractivity contribution >= 4 is 29.1 Å². The van der Waals surface area contributed by atoms with Gasteiger partial charge in [0.05, 0.1) is 32.0 Å². The van der Waals surface area contributed by atoms with E-state index in [-0.39, 0.29) is 17.7 Å². The standard InChI is InChI=1S/C33H39N5O5/c1-42-29-12-10-25(23-30(29)43-2)32(40)35-27-22-26(33(41)38-15-6-13-34-14-16-38)9-11-28(27)36-17-19-37(20-18-36)31(39)21-24-7-4-3-5-8-24/h3-5,7-12,22-23,34H,6,13-21H2,1-2H3,(H,35,40). The maximum absolute atomic E-state index is 13.5. The van der Waals surface area contributed by atoms with E-state index in [1.54, 1.807) is 31.4 Å². The number of carbonyl (C=O) groups excluding carboxylic acids is 3. The molecule has 0 atom stereocenters. The summed E-state index contributed by atoms with van der Waals surface area (Å²) >= 11 is 0. The molecule has 0 radical (unpaired) electrons. The number of nitrogens with one attached hydrogen (secondary N) is 2. The minimum absolute atomic E-state index is 0.0619. The van der Waals surface area contributed by atoms with Crippen LogP contribution in [-0.4, -0.2) is 94.1 Å². The van der Waals surface area contributed by atoms with Crippen LogP contribution < -0.4 is 25.0 Å². The molecule has 3 amide bonds. The molecule has 0 aromatic heterocycles. The molecule has 0 unspecified atom stereocenters. The zero-order valence-electron chi connectivity index (χ0n) is 24.8. The molecule has 2 aliphatic heterocycles. The number of rotatable bonds is 8. The van der Waals surface area contributed by atoms with Crippen LogP contribution in [0, 0.1) is 0 Å². The molecule has 0 spiro atoms. The van der Waals surface area contributed by atoms with Gasteiger partial charge in [-0.3, -0.25) is 14.4 Å². The molecule has 2 aliphatic rings. The Labute approximate surface area is 252 Å². The number of amides is 3. The summed E-state index contributed by atoms with van der Waals surface area (Å²) in [5.74, 6) is 0.681. The Morgan fingerprint density at radius 2 is 1.51 bits per heavy atom. The molecule has 43 heavy (non-hydrogen) atoms. The maximum Gasteiger partial charge on any atom is 0.255 e. The van der Waals surface area contributed by atoms with Gasteiger partial charge in [-0.1, -0.05) is 30.3 Å². The molecule has 0 bridgehead atoms. The first-order valence-corrected chi connectivity index (χ1v) is 14.7. The van der Waals surface area contributed by atoms with E-state index in [2.05, 4.69) is 15.5 Å². The van der Waals surface area contributed by atoms with Gasteiger partial charge in [-0.2, -0.15) is 0 Å². The summed E-state index contributed by atoms with van der Waals surface area (Å²) in [5.41, 5.74) is 3.26. The van der Waals surface area contributed by atoms with Gasteiger partial charge >= 0.3 is 0 Å². The second-order valence-electron chi connectivity index (χ2n) is 10.7. The fourth-order valence-electron chi connectivity index (χ4n) is 5.53. The van der Waals surface area contributed by atoms with Crippen LogP contribution >= 0.6 is 0 Å². The topological polar surface area (TPSA) is 103 Å². The highest BCUT2D eigenvalue weighted by Crippen LogP contribution is 2.31. The third kappa shape index (κ3) is 7.26. The third-order valence-electron chi connectivity index (χ3n) is 7.94. The Kier molecular flexibility index (Phi) is 9.78. The number of nitrogens with zero attached hydrogens (tertiary/aromatic N) is 3. The van der Waals surface area contributed by atoms with E-state index in [1.165, 1.54) is 7.11 Å². The normalized spacial score (nSPS) is 15.4. The van der Waals surface area contributed by atoms with Gasteiger partial charge in [-0.25, -0.2) is 0 Å². The van der Waals surface area contributed by atoms with E-state index in [0.29, 0.717) is 74.0 Å². The second-order valence-corrected chi connectivity index (χ2v) is 10.7. The van der Waals surface area contributed by atoms with Crippen LogP contribution in [0.4, 0.5) is 11.4 Å². The van der Waals surface area contributed by atoms with E-state index in [1.807, 2.05) is 52.3 Å². The predicted molar refractivity (Wildman–Crippen MR) is 166 cm³/mol. The first-order chi connectivity index (χ1) is 21.0. The Morgan fingerprint density at radius 3 is 2.26 bits per heavy atom. The number of piperazine rings is 1. The highest BCUT2D eigenvalue weighted by atomic mass is 16.5. The average molecular weight is 586 g/mol. The molecule has 226 valence electrons. The van der Waals surface area contributed by atoms with Crippen LogP contribution in [0.15, 0.2) is 66.7 Å². The van der Waals surface area contributed by atoms with E-state index >= 15 is 0 Å². The van der Waals surface area contributed by atoms with Gasteiger partial charge in [-0.05, 0) is 54.9 Å². The van der Waals surface area contributed by atoms with Crippen LogP contribution in [0.2, 0.25) is 0 Å². The lowest BCUT2D eigenvalue weighted by Gasteiger charge is -2.37. The molecule has 3 aromatic rings. The summed E-state index contributed by atoms with van der Waals surface area (Å²) in [4.78, 5) is 45.8. The van der Waals surface area contributed by atoms with Crippen LogP contribution in [0.5, 0.6) is 11.5 Å². The minimum Gasteiger partial charge on any atom is -0.493 e. The fourth-order valence-corrected chi connectivity index (χ4v) is 5.53. The second kappa shape index (κ2) is 14.1. The summed E-state index contributed by atoms with van der Waals surface area (Å²) in [6.07, 6.45) is 1.26. The van der Waals surface area contributed by atoms with Gasteiger partial charge in [0.25, 0.3) is 11.8 Å². The van der Waals surface area contributed by atoms with Gasteiger partial charge in [-0.15, -0.1) is 0 Å². The van der Waals surface area contributed by atoms with Crippen molar-refractivity contribution in [3.05, 3.63) is 83.4 Å². The average Bonchev–Trinajstić information content (AvgIpc) is 3.34. The SMILES string of the molecule is COc1ccc(C(=O)Nc2cc(C(=O)N3CCCNCC3)ccc2N2CCN(C(=O)Cc3ccccc3)CC2)cc1OC. The van der Waals surface area contributed by atoms with Crippen LogP contribution in [0.3, 0.4) is 0 Å². The molecule has 0 saturated carbocycles. The number of hydrogen-bond acceptors (Lipinski definition) is 7. The molecule has 0 aliphatic carbocycles. The molecule has 2 heterocycles. The van der Waals surface area contributed by atoms with Crippen molar-refractivity contribution in [3.63, 3.8) is 0 Å². The summed E-state index contributed by atoms with van der Waals surface area (Å²) in [6, 6.07) is 20.2. The molecular formula is C33H39N5O5. The zero-order valence-corrected chi connectivity index (χ0v) is 24.8. The summed E-state index contributed by atoms with van der Waals surface area (Å²) in [5, 5.41) is 6.38. The van der Waals surface area contributed by atoms with Gasteiger partial charge in [0, 0.05) is 56.9 Å². The van der Waals surface area contributed by atoms with E-state index in [9.17, 15) is 14.4 Å². The number of ether oxygens (including phenoxy) is 2. The molecule has 5 rings (SSSR count). The number of hydrogen-bond donors (Lipinski definition) is 2. The molecule has 2 saturated heterocycles. The monoisotopic (exact) mass is 585 g/mol. The van der Waals surface area contributed by atoms with E-state index in [0.717, 1.165) is 30.8 Å². The van der Waals surface area contributed by atoms with Crippen LogP contribution in [-0.2, 0) is 11.2 Å². The van der Waals surface area contributed by atoms with Crippen molar-refractivity contribution in [2.24, 2.45) is 0 Å². The lowest BCUT2D eigenvalue weighted by Crippen LogP contribution is -2.49. The van der Waals surface area contributed by atoms with Crippen molar-refractivity contribution in [3.8, 4) is 11.5 Å². The third-order valence-corrected chi connectivity index (χ3v) is 7.94. The van der Waals surface area contributed by atoms with Crippen molar-refractivity contribution in [2.75, 3.05) is 76.8 Å². The van der Waals surface area contributed by atoms with Gasteiger partial charge in [0.15, 0.2) is 11.5 Å². The minimum atomic E-state index is -0.331. The maximum atomic E-state index is 13.5. The molecule has 10 heteroatoms. The first kappa shape index (κ1) is 29.9. The largest absolute Gasteiger partial charge is 0.493 e. The van der Waals surface area contributed by atoms with Crippen molar-refractivity contribution in [2.45, 2.75) is 12.8 Å². The van der Waals surface area contributed by atoms with Gasteiger partial charge in [0.1, 0.15) is 0 Å². The van der Waals surface area contributed by atoms with Gasteiger partial charge in [0.2, 0.25) is 5.91 Å². The highest BCUT2D eigenvalue weighted by molar-refractivity contribution is 6.07. The quantitative estimate of drug-likeness (QED) is 0.418. The fraction of sp³-hybridized carbons (Fsp3) is 0.364. The van der Waals surface area contributed by atoms with Crippen molar-refractivity contribution < 1.29 is 23.9 Å². The Balaban J connectivity index is 1.36. The Hall–Kier alpha value is -4.57. The molecular weight excluding hydrogens is 546 g/mol. The summed E-state index contributed by atoms with van der Waals surface area (Å²) < 4.78 is 10.7. The summed E-state index contributed by atoms with van der Waals surface area (Å²) in [7, 11) is 3.07. The Bertz CT molecular complexity index is 1430. The first-order valence-electron chi connectivity index (χ1n) is 14.7. The van der Waals surface area contributed by atoms with E-state index < -0.39 is 0 Å². The van der Waals surface area contributed by atoms with Crippen molar-refractivity contribution in [1.29, 1.82) is 0 Å². The lowest BCUT2D eigenvalue weighted by atomic mass is 10.1. The smallest absolute Gasteiger partial charge is 0.255 e. The summed E-state index contributed by atoms with van der Waals surface area (Å²) in [6.45, 7) is 5.28. The lowest BCUT2D eigenvalue weighted by molar-refractivity contribution is -0.130. The highest BCUT2D eigenvalue weighted by Gasteiger charge is 2.25. The van der Waals surface area contributed by atoms with E-state index in [4.69, 9.17) is 9.47 Å². The number of carbonyl (C=O) groups is 3. The number of benzene rings is 3. The zero-order chi connectivity index (χ0) is 30.2. The van der Waals surface area contributed by atoms with Crippen molar-refractivity contribution in [1.82, 2.24) is 15.1 Å².